The highest BCUT2D eigenvalue weighted by Crippen LogP contribution is 2.36. The summed E-state index contributed by atoms with van der Waals surface area (Å²) in [6, 6.07) is 25.9. The van der Waals surface area contributed by atoms with Crippen molar-refractivity contribution in [3.63, 3.8) is 0 Å². The molecule has 2 N–H and O–H groups in total. The standard InChI is InChI=1S/C31H30N2O5/c1-21(34)32-15-16-36-17-18-37-19-20-38-28-8-3-2-7-27(28)33-31(35)26-14-12-24-10-9-22-5-4-6-23-11-13-25(26)30(24)29(22)23/h2-14H,15-20H2,1H3,(H,32,34)(H,33,35). The van der Waals surface area contributed by atoms with Gasteiger partial charge < -0.3 is 24.8 Å². The smallest absolute Gasteiger partial charge is 0.256 e. The maximum atomic E-state index is 13.4. The van der Waals surface area contributed by atoms with E-state index in [2.05, 4.69) is 47.0 Å². The second kappa shape index (κ2) is 11.9. The monoisotopic (exact) mass is 510 g/mol. The summed E-state index contributed by atoms with van der Waals surface area (Å²) >= 11 is 0. The van der Waals surface area contributed by atoms with Gasteiger partial charge in [-0.3, -0.25) is 9.59 Å². The predicted octanol–water partition coefficient (Wildman–Crippen LogP) is 5.38. The molecule has 2 amide bonds. The first-order valence-electron chi connectivity index (χ1n) is 12.7. The molecule has 5 aromatic carbocycles. The first kappa shape index (κ1) is 25.4. The van der Waals surface area contributed by atoms with Crippen molar-refractivity contribution in [2.24, 2.45) is 0 Å². The van der Waals surface area contributed by atoms with E-state index >= 15 is 0 Å². The van der Waals surface area contributed by atoms with Gasteiger partial charge in [-0.1, -0.05) is 60.7 Å². The van der Waals surface area contributed by atoms with E-state index in [-0.39, 0.29) is 11.8 Å². The fourth-order valence-electron chi connectivity index (χ4n) is 4.65. The number of carbonyl (C=O) groups is 2. The number of nitrogens with one attached hydrogen (secondary N) is 2. The molecule has 194 valence electrons. The van der Waals surface area contributed by atoms with Gasteiger partial charge in [-0.25, -0.2) is 0 Å². The normalized spacial score (nSPS) is 11.3. The van der Waals surface area contributed by atoms with Gasteiger partial charge in [-0.2, -0.15) is 0 Å². The lowest BCUT2D eigenvalue weighted by Gasteiger charge is -2.15. The van der Waals surface area contributed by atoms with Crippen molar-refractivity contribution in [2.45, 2.75) is 6.92 Å². The Kier molecular flexibility index (Phi) is 7.97. The zero-order valence-electron chi connectivity index (χ0n) is 21.3. The number of hydrogen-bond acceptors (Lipinski definition) is 5. The van der Waals surface area contributed by atoms with Crippen molar-refractivity contribution in [1.29, 1.82) is 0 Å². The van der Waals surface area contributed by atoms with E-state index in [9.17, 15) is 9.59 Å². The predicted molar refractivity (Wildman–Crippen MR) is 150 cm³/mol. The maximum Gasteiger partial charge on any atom is 0.256 e. The molecule has 0 saturated heterocycles. The Hall–Kier alpha value is -4.20. The summed E-state index contributed by atoms with van der Waals surface area (Å²) in [6.45, 7) is 3.97. The molecule has 0 atom stereocenters. The largest absolute Gasteiger partial charge is 0.489 e. The van der Waals surface area contributed by atoms with Gasteiger partial charge in [0.2, 0.25) is 5.91 Å². The van der Waals surface area contributed by atoms with Crippen LogP contribution in [-0.4, -0.2) is 51.4 Å². The van der Waals surface area contributed by atoms with Gasteiger partial charge in [0.05, 0.1) is 32.1 Å². The molecule has 5 rings (SSSR count). The van der Waals surface area contributed by atoms with Crippen molar-refractivity contribution >= 4 is 49.8 Å². The first-order chi connectivity index (χ1) is 18.6. The highest BCUT2D eigenvalue weighted by atomic mass is 16.5. The van der Waals surface area contributed by atoms with Crippen molar-refractivity contribution in [3.05, 3.63) is 84.4 Å². The van der Waals surface area contributed by atoms with E-state index in [1.807, 2.05) is 42.5 Å². The molecule has 0 spiro atoms. The van der Waals surface area contributed by atoms with Crippen LogP contribution >= 0.6 is 0 Å². The van der Waals surface area contributed by atoms with E-state index in [4.69, 9.17) is 14.2 Å². The van der Waals surface area contributed by atoms with Crippen LogP contribution in [0.1, 0.15) is 17.3 Å². The van der Waals surface area contributed by atoms with Crippen molar-refractivity contribution in [3.8, 4) is 5.75 Å². The van der Waals surface area contributed by atoms with Gasteiger partial charge in [-0.15, -0.1) is 0 Å². The van der Waals surface area contributed by atoms with Gasteiger partial charge in [0.15, 0.2) is 0 Å². The van der Waals surface area contributed by atoms with Gasteiger partial charge in [0, 0.05) is 19.0 Å². The molecule has 0 saturated carbocycles. The Morgan fingerprint density at radius 3 is 2.13 bits per heavy atom. The quantitative estimate of drug-likeness (QED) is 0.174. The fourth-order valence-corrected chi connectivity index (χ4v) is 4.65. The lowest BCUT2D eigenvalue weighted by Crippen LogP contribution is -2.25. The van der Waals surface area contributed by atoms with E-state index in [0.717, 1.165) is 26.9 Å². The Balaban J connectivity index is 1.21. The molecule has 0 aliphatic heterocycles. The van der Waals surface area contributed by atoms with Crippen LogP contribution in [0.3, 0.4) is 0 Å². The molecule has 0 aromatic heterocycles. The summed E-state index contributed by atoms with van der Waals surface area (Å²) < 4.78 is 16.8. The molecular formula is C31H30N2O5. The topological polar surface area (TPSA) is 85.9 Å². The number of benzene rings is 5. The molecular weight excluding hydrogens is 480 g/mol. The minimum absolute atomic E-state index is 0.0746. The van der Waals surface area contributed by atoms with Crippen molar-refractivity contribution in [2.75, 3.05) is 44.9 Å². The zero-order chi connectivity index (χ0) is 26.3. The second-order valence-electron chi connectivity index (χ2n) is 8.98. The Morgan fingerprint density at radius 2 is 1.34 bits per heavy atom. The van der Waals surface area contributed by atoms with E-state index in [1.54, 1.807) is 0 Å². The average Bonchev–Trinajstić information content (AvgIpc) is 2.93. The fraction of sp³-hybridized carbons (Fsp3) is 0.226. The molecule has 0 aliphatic carbocycles. The molecule has 7 heteroatoms. The molecule has 0 unspecified atom stereocenters. The minimum atomic E-state index is -0.188. The third kappa shape index (κ3) is 5.69. The molecule has 0 bridgehead atoms. The van der Waals surface area contributed by atoms with Gasteiger partial charge in [0.25, 0.3) is 5.91 Å². The third-order valence-corrected chi connectivity index (χ3v) is 6.39. The lowest BCUT2D eigenvalue weighted by molar-refractivity contribution is -0.119. The highest BCUT2D eigenvalue weighted by molar-refractivity contribution is 6.27. The molecule has 0 fully saturated rings. The van der Waals surface area contributed by atoms with Crippen LogP contribution in [0.25, 0.3) is 32.3 Å². The molecule has 5 aromatic rings. The van der Waals surface area contributed by atoms with Crippen LogP contribution in [0.2, 0.25) is 0 Å². The van der Waals surface area contributed by atoms with Crippen LogP contribution in [0.4, 0.5) is 5.69 Å². The summed E-state index contributed by atoms with van der Waals surface area (Å²) in [4.78, 5) is 24.3. The van der Waals surface area contributed by atoms with E-state index < -0.39 is 0 Å². The zero-order valence-corrected chi connectivity index (χ0v) is 21.3. The van der Waals surface area contributed by atoms with Gasteiger partial charge >= 0.3 is 0 Å². The third-order valence-electron chi connectivity index (χ3n) is 6.39. The molecule has 0 heterocycles. The van der Waals surface area contributed by atoms with E-state index in [0.29, 0.717) is 56.6 Å². The van der Waals surface area contributed by atoms with Gasteiger partial charge in [-0.05, 0) is 50.5 Å². The van der Waals surface area contributed by atoms with Crippen LogP contribution < -0.4 is 15.4 Å². The maximum absolute atomic E-state index is 13.4. The van der Waals surface area contributed by atoms with Crippen LogP contribution in [-0.2, 0) is 14.3 Å². The summed E-state index contributed by atoms with van der Waals surface area (Å²) in [5.74, 6) is 0.315. The Morgan fingerprint density at radius 1 is 0.684 bits per heavy atom. The number of ether oxygens (including phenoxy) is 3. The Bertz CT molecular complexity index is 1550. The Labute approximate surface area is 221 Å². The number of anilines is 1. The van der Waals surface area contributed by atoms with Gasteiger partial charge in [0.1, 0.15) is 12.4 Å². The van der Waals surface area contributed by atoms with Crippen LogP contribution in [0.15, 0.2) is 78.9 Å². The lowest BCUT2D eigenvalue weighted by atomic mass is 9.92. The number of amides is 2. The van der Waals surface area contributed by atoms with E-state index in [1.165, 1.54) is 12.3 Å². The molecule has 0 aliphatic rings. The van der Waals surface area contributed by atoms with Crippen molar-refractivity contribution in [1.82, 2.24) is 5.32 Å². The minimum Gasteiger partial charge on any atom is -0.489 e. The van der Waals surface area contributed by atoms with Crippen LogP contribution in [0.5, 0.6) is 5.75 Å². The number of carbonyl (C=O) groups excluding carboxylic acids is 2. The average molecular weight is 511 g/mol. The summed E-state index contributed by atoms with van der Waals surface area (Å²) in [7, 11) is 0. The number of hydrogen-bond donors (Lipinski definition) is 2. The summed E-state index contributed by atoms with van der Waals surface area (Å²) in [5.41, 5.74) is 1.22. The first-order valence-corrected chi connectivity index (χ1v) is 12.7. The molecule has 0 radical (unpaired) electrons. The number of para-hydroxylation sites is 2. The van der Waals surface area contributed by atoms with Crippen molar-refractivity contribution < 1.29 is 23.8 Å². The number of rotatable bonds is 12. The van der Waals surface area contributed by atoms with Crippen LogP contribution in [0, 0.1) is 0 Å². The molecule has 7 nitrogen and oxygen atoms in total. The SMILES string of the molecule is CC(=O)NCCOCCOCCOc1ccccc1NC(=O)c1ccc2ccc3cccc4ccc1c2c34. The second-order valence-corrected chi connectivity index (χ2v) is 8.98. The summed E-state index contributed by atoms with van der Waals surface area (Å²) in [6.07, 6.45) is 0. The molecule has 38 heavy (non-hydrogen) atoms. The highest BCUT2D eigenvalue weighted by Gasteiger charge is 2.16. The summed E-state index contributed by atoms with van der Waals surface area (Å²) in [5, 5.41) is 12.4.